The highest BCUT2D eigenvalue weighted by atomic mass is 16.5. The van der Waals surface area contributed by atoms with E-state index in [1.165, 1.54) is 0 Å². The molecule has 1 aromatic carbocycles. The number of nitrogens with one attached hydrogen (secondary N) is 2. The van der Waals surface area contributed by atoms with Gasteiger partial charge in [0.1, 0.15) is 5.75 Å². The Hall–Kier alpha value is -1.71. The third-order valence-electron chi connectivity index (χ3n) is 1.97. The fraction of sp³-hybridized carbons (Fsp3) is 0.417. The van der Waals surface area contributed by atoms with Crippen LogP contribution in [0.15, 0.2) is 24.3 Å². The summed E-state index contributed by atoms with van der Waals surface area (Å²) in [5, 5.41) is 5.84. The largest absolute Gasteiger partial charge is 0.497 e. The van der Waals surface area contributed by atoms with E-state index < -0.39 is 0 Å². The maximum absolute atomic E-state index is 11.4. The molecule has 0 saturated heterocycles. The average molecular weight is 222 g/mol. The average Bonchev–Trinajstić information content (AvgIpc) is 2.26. The van der Waals surface area contributed by atoms with Crippen molar-refractivity contribution in [3.05, 3.63) is 24.3 Å². The van der Waals surface area contributed by atoms with Crippen molar-refractivity contribution < 1.29 is 9.53 Å². The topological polar surface area (TPSA) is 50.4 Å². The lowest BCUT2D eigenvalue weighted by Gasteiger charge is -2.10. The Labute approximate surface area is 96.0 Å². The second-order valence-electron chi connectivity index (χ2n) is 3.81. The van der Waals surface area contributed by atoms with Gasteiger partial charge in [-0.2, -0.15) is 0 Å². The molecule has 4 nitrogen and oxygen atoms in total. The Morgan fingerprint density at radius 3 is 2.81 bits per heavy atom. The molecule has 0 aliphatic rings. The molecule has 0 aliphatic carbocycles. The van der Waals surface area contributed by atoms with E-state index in [9.17, 15) is 4.79 Å². The van der Waals surface area contributed by atoms with Crippen molar-refractivity contribution in [3.8, 4) is 5.75 Å². The Morgan fingerprint density at radius 2 is 2.19 bits per heavy atom. The lowest BCUT2D eigenvalue weighted by molar-refractivity contribution is -0.119. The van der Waals surface area contributed by atoms with Crippen LogP contribution >= 0.6 is 0 Å². The highest BCUT2D eigenvalue weighted by Gasteiger charge is 2.02. The van der Waals surface area contributed by atoms with Gasteiger partial charge in [0.2, 0.25) is 5.91 Å². The number of carbonyl (C=O) groups is 1. The van der Waals surface area contributed by atoms with Gasteiger partial charge in [-0.1, -0.05) is 6.07 Å². The maximum Gasteiger partial charge on any atom is 0.239 e. The van der Waals surface area contributed by atoms with Crippen LogP contribution in [-0.2, 0) is 4.79 Å². The van der Waals surface area contributed by atoms with Crippen LogP contribution in [0.4, 0.5) is 5.69 Å². The molecule has 0 aromatic heterocycles. The minimum Gasteiger partial charge on any atom is -0.497 e. The Kier molecular flexibility index (Phi) is 4.64. The van der Waals surface area contributed by atoms with Crippen molar-refractivity contribution in [2.45, 2.75) is 19.9 Å². The van der Waals surface area contributed by atoms with Gasteiger partial charge in [0, 0.05) is 17.8 Å². The Balaban J connectivity index is 2.45. The first-order valence-corrected chi connectivity index (χ1v) is 5.29. The third kappa shape index (κ3) is 4.21. The van der Waals surface area contributed by atoms with Gasteiger partial charge in [-0.3, -0.25) is 4.79 Å². The molecule has 4 heteroatoms. The van der Waals surface area contributed by atoms with Crippen molar-refractivity contribution in [1.29, 1.82) is 0 Å². The lowest BCUT2D eigenvalue weighted by Crippen LogP contribution is -2.34. The van der Waals surface area contributed by atoms with Gasteiger partial charge in [0.15, 0.2) is 0 Å². The zero-order valence-corrected chi connectivity index (χ0v) is 9.91. The summed E-state index contributed by atoms with van der Waals surface area (Å²) in [4.78, 5) is 11.4. The van der Waals surface area contributed by atoms with E-state index in [2.05, 4.69) is 10.6 Å². The van der Waals surface area contributed by atoms with E-state index in [4.69, 9.17) is 4.74 Å². The minimum atomic E-state index is -0.0159. The monoisotopic (exact) mass is 222 g/mol. The summed E-state index contributed by atoms with van der Waals surface area (Å²) in [7, 11) is 1.62. The second kappa shape index (κ2) is 6.00. The summed E-state index contributed by atoms with van der Waals surface area (Å²) in [5.41, 5.74) is 0.873. The fourth-order valence-electron chi connectivity index (χ4n) is 1.29. The molecule has 0 aliphatic heterocycles. The van der Waals surface area contributed by atoms with Crippen LogP contribution in [0.5, 0.6) is 5.75 Å². The zero-order valence-electron chi connectivity index (χ0n) is 9.91. The van der Waals surface area contributed by atoms with Crippen LogP contribution in [0.1, 0.15) is 13.8 Å². The van der Waals surface area contributed by atoms with Gasteiger partial charge < -0.3 is 15.4 Å². The number of benzene rings is 1. The molecule has 0 atom stereocenters. The van der Waals surface area contributed by atoms with Crippen molar-refractivity contribution >= 4 is 11.6 Å². The smallest absolute Gasteiger partial charge is 0.239 e. The first-order chi connectivity index (χ1) is 7.61. The van der Waals surface area contributed by atoms with E-state index in [0.29, 0.717) is 0 Å². The maximum atomic E-state index is 11.4. The van der Waals surface area contributed by atoms with Gasteiger partial charge in [-0.05, 0) is 26.0 Å². The van der Waals surface area contributed by atoms with Gasteiger partial charge in [0.05, 0.1) is 13.7 Å². The molecule has 2 N–H and O–H groups in total. The number of carbonyl (C=O) groups excluding carboxylic acids is 1. The molecule has 0 fully saturated rings. The fourth-order valence-corrected chi connectivity index (χ4v) is 1.29. The normalized spacial score (nSPS) is 10.0. The van der Waals surface area contributed by atoms with Crippen LogP contribution in [0, 0.1) is 0 Å². The summed E-state index contributed by atoms with van der Waals surface area (Å²) < 4.78 is 5.09. The Morgan fingerprint density at radius 1 is 1.44 bits per heavy atom. The highest BCUT2D eigenvalue weighted by molar-refractivity contribution is 5.80. The van der Waals surface area contributed by atoms with E-state index in [-0.39, 0.29) is 18.5 Å². The molecule has 16 heavy (non-hydrogen) atoms. The number of hydrogen-bond donors (Lipinski definition) is 2. The predicted octanol–water partition coefficient (Wildman–Crippen LogP) is 1.63. The molecular weight excluding hydrogens is 204 g/mol. The molecule has 0 spiro atoms. The summed E-state index contributed by atoms with van der Waals surface area (Å²) in [5.74, 6) is 0.757. The molecule has 1 aromatic rings. The van der Waals surface area contributed by atoms with Gasteiger partial charge in [-0.25, -0.2) is 0 Å². The first kappa shape index (κ1) is 12.4. The van der Waals surface area contributed by atoms with Crippen molar-refractivity contribution in [1.82, 2.24) is 5.32 Å². The molecule has 1 amide bonds. The third-order valence-corrected chi connectivity index (χ3v) is 1.97. The summed E-state index contributed by atoms with van der Waals surface area (Å²) in [6.07, 6.45) is 0. The number of rotatable bonds is 5. The quantitative estimate of drug-likeness (QED) is 0.796. The van der Waals surface area contributed by atoms with E-state index >= 15 is 0 Å². The minimum absolute atomic E-state index is 0.0159. The Bertz CT molecular complexity index is 351. The van der Waals surface area contributed by atoms with Gasteiger partial charge in [0.25, 0.3) is 0 Å². The molecule has 0 saturated carbocycles. The zero-order chi connectivity index (χ0) is 12.0. The molecule has 0 heterocycles. The van der Waals surface area contributed by atoms with Gasteiger partial charge in [-0.15, -0.1) is 0 Å². The lowest BCUT2D eigenvalue weighted by atomic mass is 10.3. The van der Waals surface area contributed by atoms with Crippen LogP contribution in [0.3, 0.4) is 0 Å². The molecular formula is C12H18N2O2. The molecule has 0 bridgehead atoms. The number of ether oxygens (including phenoxy) is 1. The van der Waals surface area contributed by atoms with Crippen molar-refractivity contribution in [3.63, 3.8) is 0 Å². The predicted molar refractivity (Wildman–Crippen MR) is 64.8 cm³/mol. The molecule has 0 radical (unpaired) electrons. The number of amides is 1. The number of anilines is 1. The molecule has 88 valence electrons. The van der Waals surface area contributed by atoms with Crippen LogP contribution in [0.2, 0.25) is 0 Å². The summed E-state index contributed by atoms with van der Waals surface area (Å²) >= 11 is 0. The highest BCUT2D eigenvalue weighted by Crippen LogP contribution is 2.16. The van der Waals surface area contributed by atoms with E-state index in [1.807, 2.05) is 38.1 Å². The van der Waals surface area contributed by atoms with E-state index in [0.717, 1.165) is 11.4 Å². The van der Waals surface area contributed by atoms with Gasteiger partial charge >= 0.3 is 0 Å². The number of hydrogen-bond acceptors (Lipinski definition) is 3. The van der Waals surface area contributed by atoms with Crippen molar-refractivity contribution in [2.24, 2.45) is 0 Å². The van der Waals surface area contributed by atoms with Crippen LogP contribution < -0.4 is 15.4 Å². The van der Waals surface area contributed by atoms with E-state index in [1.54, 1.807) is 7.11 Å². The standard InChI is InChI=1S/C12H18N2O2/c1-9(2)14-12(15)8-13-10-5-4-6-11(7-10)16-3/h4-7,9,13H,8H2,1-3H3,(H,14,15). The SMILES string of the molecule is COc1cccc(NCC(=O)NC(C)C)c1. The first-order valence-electron chi connectivity index (χ1n) is 5.29. The molecule has 0 unspecified atom stereocenters. The molecule has 1 rings (SSSR count). The number of methoxy groups -OCH3 is 1. The van der Waals surface area contributed by atoms with Crippen molar-refractivity contribution in [2.75, 3.05) is 19.0 Å². The van der Waals surface area contributed by atoms with Crippen LogP contribution in [-0.4, -0.2) is 25.6 Å². The summed E-state index contributed by atoms with van der Waals surface area (Å²) in [6.45, 7) is 4.14. The second-order valence-corrected chi connectivity index (χ2v) is 3.81. The van der Waals surface area contributed by atoms with Crippen LogP contribution in [0.25, 0.3) is 0 Å². The summed E-state index contributed by atoms with van der Waals surface area (Å²) in [6, 6.07) is 7.65.